The van der Waals surface area contributed by atoms with Gasteiger partial charge in [0.2, 0.25) is 0 Å². The summed E-state index contributed by atoms with van der Waals surface area (Å²) in [5, 5.41) is 5.59. The predicted octanol–water partition coefficient (Wildman–Crippen LogP) is 3.86. The number of amides is 1. The Bertz CT molecular complexity index is 937. The third-order valence-corrected chi connectivity index (χ3v) is 5.55. The van der Waals surface area contributed by atoms with Crippen LogP contribution >= 0.6 is 11.3 Å². The molecule has 0 bridgehead atoms. The minimum Gasteiger partial charge on any atom is -0.497 e. The van der Waals surface area contributed by atoms with Crippen LogP contribution < -0.4 is 14.8 Å². The second-order valence-corrected chi connectivity index (χ2v) is 7.59. The van der Waals surface area contributed by atoms with Gasteiger partial charge in [0.1, 0.15) is 22.2 Å². The Labute approximate surface area is 175 Å². The van der Waals surface area contributed by atoms with Crippen LogP contribution in [0.5, 0.6) is 11.5 Å². The molecule has 0 radical (unpaired) electrons. The normalized spacial score (nSPS) is 11.9. The Morgan fingerprint density at radius 3 is 2.17 bits per heavy atom. The number of likely N-dealkylation sites (N-methyl/N-ethyl adjacent to an activating group) is 1. The van der Waals surface area contributed by atoms with E-state index in [9.17, 15) is 4.79 Å². The van der Waals surface area contributed by atoms with E-state index in [2.05, 4.69) is 15.2 Å². The van der Waals surface area contributed by atoms with E-state index in [4.69, 9.17) is 9.47 Å². The van der Waals surface area contributed by atoms with Gasteiger partial charge in [0.15, 0.2) is 0 Å². The number of carbonyl (C=O) groups excluding carboxylic acids is 1. The van der Waals surface area contributed by atoms with Crippen LogP contribution in [0.25, 0.3) is 10.6 Å². The molecular formula is C22H25N3O3S. The zero-order valence-corrected chi connectivity index (χ0v) is 17.8. The Morgan fingerprint density at radius 2 is 1.62 bits per heavy atom. The van der Waals surface area contributed by atoms with Gasteiger partial charge in [0, 0.05) is 17.5 Å². The average Bonchev–Trinajstić information content (AvgIpc) is 3.24. The lowest BCUT2D eigenvalue weighted by molar-refractivity contribution is 0.0937. The zero-order chi connectivity index (χ0) is 20.8. The van der Waals surface area contributed by atoms with Crippen molar-refractivity contribution in [1.82, 2.24) is 15.2 Å². The fourth-order valence-electron chi connectivity index (χ4n) is 2.95. The van der Waals surface area contributed by atoms with Crippen LogP contribution in [-0.4, -0.2) is 50.7 Å². The monoisotopic (exact) mass is 411 g/mol. The molecule has 1 heterocycles. The Hall–Kier alpha value is -2.90. The van der Waals surface area contributed by atoms with Crippen molar-refractivity contribution < 1.29 is 14.3 Å². The van der Waals surface area contributed by atoms with E-state index in [1.165, 1.54) is 11.3 Å². The first-order valence-corrected chi connectivity index (χ1v) is 10.1. The first kappa shape index (κ1) is 20.8. The van der Waals surface area contributed by atoms with Crippen LogP contribution in [0.2, 0.25) is 0 Å². The average molecular weight is 412 g/mol. The molecule has 1 amide bonds. The molecule has 29 heavy (non-hydrogen) atoms. The van der Waals surface area contributed by atoms with E-state index in [1.807, 2.05) is 62.6 Å². The molecule has 2 aromatic carbocycles. The maximum absolute atomic E-state index is 12.6. The molecule has 3 aromatic rings. The van der Waals surface area contributed by atoms with Gasteiger partial charge in [-0.3, -0.25) is 4.79 Å². The molecule has 1 aromatic heterocycles. The Kier molecular flexibility index (Phi) is 6.85. The number of carbonyl (C=O) groups is 1. The highest BCUT2D eigenvalue weighted by Gasteiger charge is 2.18. The molecule has 0 aliphatic rings. The van der Waals surface area contributed by atoms with Gasteiger partial charge in [-0.2, -0.15) is 0 Å². The van der Waals surface area contributed by atoms with Gasteiger partial charge < -0.3 is 19.7 Å². The Morgan fingerprint density at radius 1 is 1.03 bits per heavy atom. The van der Waals surface area contributed by atoms with Crippen molar-refractivity contribution in [2.75, 3.05) is 34.9 Å². The summed E-state index contributed by atoms with van der Waals surface area (Å²) in [6.45, 7) is 0.480. The smallest absolute Gasteiger partial charge is 0.270 e. The number of benzene rings is 2. The molecule has 0 aliphatic heterocycles. The molecule has 3 rings (SSSR count). The van der Waals surface area contributed by atoms with Gasteiger partial charge in [0.05, 0.1) is 20.3 Å². The molecule has 1 unspecified atom stereocenters. The molecule has 6 nitrogen and oxygen atoms in total. The predicted molar refractivity (Wildman–Crippen MR) is 116 cm³/mol. The lowest BCUT2D eigenvalue weighted by Gasteiger charge is -2.25. The van der Waals surface area contributed by atoms with Gasteiger partial charge in [-0.05, 0) is 56.1 Å². The summed E-state index contributed by atoms with van der Waals surface area (Å²) in [6, 6.07) is 15.6. The number of ether oxygens (including phenoxy) is 2. The standard InChI is InChI=1S/C22H25N3O3S/c1-25(2)20(15-5-9-17(27-3)10-6-15)13-23-21(26)19-14-29-22(24-19)16-7-11-18(28-4)12-8-16/h5-12,14,20H,13H2,1-4H3,(H,23,26). The Balaban J connectivity index is 1.66. The highest BCUT2D eigenvalue weighted by atomic mass is 32.1. The number of methoxy groups -OCH3 is 2. The SMILES string of the molecule is COc1ccc(-c2nc(C(=O)NCC(c3ccc(OC)cc3)N(C)C)cs2)cc1. The second kappa shape index (κ2) is 9.54. The molecule has 152 valence electrons. The van der Waals surface area contributed by atoms with Crippen LogP contribution in [0.15, 0.2) is 53.9 Å². The summed E-state index contributed by atoms with van der Waals surface area (Å²) in [6.07, 6.45) is 0. The van der Waals surface area contributed by atoms with Crippen molar-refractivity contribution in [3.05, 3.63) is 65.2 Å². The fourth-order valence-corrected chi connectivity index (χ4v) is 3.75. The topological polar surface area (TPSA) is 63.7 Å². The van der Waals surface area contributed by atoms with E-state index in [0.29, 0.717) is 12.2 Å². The minimum absolute atomic E-state index is 0.0459. The molecular weight excluding hydrogens is 386 g/mol. The summed E-state index contributed by atoms with van der Waals surface area (Å²) in [5.74, 6) is 1.42. The molecule has 1 atom stereocenters. The summed E-state index contributed by atoms with van der Waals surface area (Å²) in [7, 11) is 7.26. The number of nitrogens with one attached hydrogen (secondary N) is 1. The quantitative estimate of drug-likeness (QED) is 0.610. The highest BCUT2D eigenvalue weighted by molar-refractivity contribution is 7.13. The van der Waals surface area contributed by atoms with E-state index < -0.39 is 0 Å². The molecule has 0 saturated heterocycles. The number of nitrogens with zero attached hydrogens (tertiary/aromatic N) is 2. The van der Waals surface area contributed by atoms with Crippen molar-refractivity contribution in [3.8, 4) is 22.1 Å². The van der Waals surface area contributed by atoms with Gasteiger partial charge >= 0.3 is 0 Å². The first-order chi connectivity index (χ1) is 14.0. The summed E-state index contributed by atoms with van der Waals surface area (Å²) >= 11 is 1.45. The highest BCUT2D eigenvalue weighted by Crippen LogP contribution is 2.26. The van der Waals surface area contributed by atoms with E-state index in [0.717, 1.165) is 27.6 Å². The maximum Gasteiger partial charge on any atom is 0.270 e. The molecule has 0 saturated carbocycles. The lowest BCUT2D eigenvalue weighted by Crippen LogP contribution is -2.34. The van der Waals surface area contributed by atoms with Crippen LogP contribution in [0.3, 0.4) is 0 Å². The van der Waals surface area contributed by atoms with Crippen LogP contribution in [0, 0.1) is 0 Å². The minimum atomic E-state index is -0.179. The molecule has 0 aliphatic carbocycles. The van der Waals surface area contributed by atoms with Gasteiger partial charge in [0.25, 0.3) is 5.91 Å². The number of aromatic nitrogens is 1. The van der Waals surface area contributed by atoms with Gasteiger partial charge in [-0.15, -0.1) is 11.3 Å². The number of hydrogen-bond acceptors (Lipinski definition) is 6. The van der Waals surface area contributed by atoms with Crippen molar-refractivity contribution >= 4 is 17.2 Å². The fraction of sp³-hybridized carbons (Fsp3) is 0.273. The van der Waals surface area contributed by atoms with Gasteiger partial charge in [-0.1, -0.05) is 12.1 Å². The summed E-state index contributed by atoms with van der Waals surface area (Å²) < 4.78 is 10.4. The summed E-state index contributed by atoms with van der Waals surface area (Å²) in [4.78, 5) is 19.2. The second-order valence-electron chi connectivity index (χ2n) is 6.73. The largest absolute Gasteiger partial charge is 0.497 e. The molecule has 0 spiro atoms. The number of thiazole rings is 1. The van der Waals surface area contributed by atoms with Crippen LogP contribution in [-0.2, 0) is 0 Å². The number of hydrogen-bond donors (Lipinski definition) is 1. The van der Waals surface area contributed by atoms with Gasteiger partial charge in [-0.25, -0.2) is 4.98 Å². The van der Waals surface area contributed by atoms with Crippen LogP contribution in [0.4, 0.5) is 0 Å². The third-order valence-electron chi connectivity index (χ3n) is 4.65. The van der Waals surface area contributed by atoms with Crippen molar-refractivity contribution in [3.63, 3.8) is 0 Å². The van der Waals surface area contributed by atoms with Crippen LogP contribution in [0.1, 0.15) is 22.1 Å². The molecule has 7 heteroatoms. The lowest BCUT2D eigenvalue weighted by atomic mass is 10.1. The molecule has 0 fully saturated rings. The van der Waals surface area contributed by atoms with E-state index in [-0.39, 0.29) is 11.9 Å². The third kappa shape index (κ3) is 5.13. The zero-order valence-electron chi connectivity index (χ0n) is 17.0. The van der Waals surface area contributed by atoms with Crippen molar-refractivity contribution in [2.24, 2.45) is 0 Å². The van der Waals surface area contributed by atoms with Crippen molar-refractivity contribution in [1.29, 1.82) is 0 Å². The van der Waals surface area contributed by atoms with E-state index in [1.54, 1.807) is 19.6 Å². The van der Waals surface area contributed by atoms with E-state index >= 15 is 0 Å². The summed E-state index contributed by atoms with van der Waals surface area (Å²) in [5.41, 5.74) is 2.49. The molecule has 1 N–H and O–H groups in total. The number of rotatable bonds is 8. The maximum atomic E-state index is 12.6. The first-order valence-electron chi connectivity index (χ1n) is 9.20. The van der Waals surface area contributed by atoms with Crippen molar-refractivity contribution in [2.45, 2.75) is 6.04 Å².